The van der Waals surface area contributed by atoms with Gasteiger partial charge in [-0.2, -0.15) is 0 Å². The van der Waals surface area contributed by atoms with Crippen LogP contribution in [-0.2, 0) is 13.2 Å². The summed E-state index contributed by atoms with van der Waals surface area (Å²) in [6.45, 7) is 0.264. The van der Waals surface area contributed by atoms with Crippen LogP contribution in [0.1, 0.15) is 11.5 Å². The van der Waals surface area contributed by atoms with Crippen LogP contribution in [0, 0.1) is 0 Å². The summed E-state index contributed by atoms with van der Waals surface area (Å²) in [6.07, 6.45) is 0. The topological polar surface area (TPSA) is 81.5 Å². The summed E-state index contributed by atoms with van der Waals surface area (Å²) in [5.74, 6) is 1.20. The number of hydrogen-bond donors (Lipinski definition) is 2. The molecule has 5 heteroatoms. The highest BCUT2D eigenvalue weighted by Gasteiger charge is 2.06. The molecule has 3 aromatic rings. The van der Waals surface area contributed by atoms with Crippen molar-refractivity contribution in [1.29, 1.82) is 0 Å². The largest absolute Gasteiger partial charge is 0.484 e. The van der Waals surface area contributed by atoms with Crippen LogP contribution in [0.5, 0.6) is 5.75 Å². The van der Waals surface area contributed by atoms with Crippen molar-refractivity contribution in [3.8, 4) is 5.75 Å². The van der Waals surface area contributed by atoms with Crippen LogP contribution in [0.2, 0.25) is 0 Å². The van der Waals surface area contributed by atoms with E-state index in [4.69, 9.17) is 20.0 Å². The standard InChI is InChI=1S/C15H14N2O3/c16-11-3-6-14-13(7-11)17-15(20-14)9-19-12-4-1-10(8-18)2-5-12/h1-7,18H,8-9,16H2. The van der Waals surface area contributed by atoms with Crippen molar-refractivity contribution in [2.24, 2.45) is 0 Å². The number of hydrogen-bond acceptors (Lipinski definition) is 5. The van der Waals surface area contributed by atoms with Crippen LogP contribution in [-0.4, -0.2) is 10.1 Å². The Morgan fingerprint density at radius 2 is 1.95 bits per heavy atom. The van der Waals surface area contributed by atoms with Crippen molar-refractivity contribution < 1.29 is 14.3 Å². The molecule has 0 amide bonds. The normalized spacial score (nSPS) is 10.8. The minimum absolute atomic E-state index is 0.0207. The summed E-state index contributed by atoms with van der Waals surface area (Å²) in [5, 5.41) is 8.96. The lowest BCUT2D eigenvalue weighted by Gasteiger charge is -2.03. The number of rotatable bonds is 4. The second kappa shape index (κ2) is 5.22. The Morgan fingerprint density at radius 3 is 2.70 bits per heavy atom. The van der Waals surface area contributed by atoms with Gasteiger partial charge in [0, 0.05) is 5.69 Å². The van der Waals surface area contributed by atoms with Gasteiger partial charge in [0.15, 0.2) is 12.2 Å². The van der Waals surface area contributed by atoms with Gasteiger partial charge < -0.3 is 20.0 Å². The summed E-state index contributed by atoms with van der Waals surface area (Å²) in [6, 6.07) is 12.5. The summed E-state index contributed by atoms with van der Waals surface area (Å²) in [4.78, 5) is 4.31. The maximum atomic E-state index is 8.96. The molecule has 0 radical (unpaired) electrons. The van der Waals surface area contributed by atoms with Gasteiger partial charge in [0.1, 0.15) is 11.3 Å². The number of aromatic nitrogens is 1. The third kappa shape index (κ3) is 2.57. The summed E-state index contributed by atoms with van der Waals surface area (Å²) in [5.41, 5.74) is 8.60. The number of nitrogen functional groups attached to an aromatic ring is 1. The molecule has 3 rings (SSSR count). The number of aliphatic hydroxyl groups is 1. The van der Waals surface area contributed by atoms with Crippen LogP contribution in [0.25, 0.3) is 11.1 Å². The minimum Gasteiger partial charge on any atom is -0.484 e. The number of nitrogens with two attached hydrogens (primary N) is 1. The molecule has 1 heterocycles. The Bertz CT molecular complexity index is 720. The molecular formula is C15H14N2O3. The third-order valence-electron chi connectivity index (χ3n) is 2.92. The third-order valence-corrected chi connectivity index (χ3v) is 2.92. The van der Waals surface area contributed by atoms with Crippen molar-refractivity contribution in [3.63, 3.8) is 0 Å². The molecular weight excluding hydrogens is 256 g/mol. The van der Waals surface area contributed by atoms with Crippen molar-refractivity contribution in [1.82, 2.24) is 4.98 Å². The highest BCUT2D eigenvalue weighted by atomic mass is 16.5. The molecule has 102 valence electrons. The average Bonchev–Trinajstić information content (AvgIpc) is 2.87. The van der Waals surface area contributed by atoms with E-state index in [1.807, 2.05) is 12.1 Å². The van der Waals surface area contributed by atoms with Gasteiger partial charge in [0.2, 0.25) is 5.89 Å². The smallest absolute Gasteiger partial charge is 0.233 e. The van der Waals surface area contributed by atoms with Gasteiger partial charge in [-0.15, -0.1) is 0 Å². The number of anilines is 1. The van der Waals surface area contributed by atoms with Crippen LogP contribution in [0.3, 0.4) is 0 Å². The number of aliphatic hydroxyl groups excluding tert-OH is 1. The molecule has 0 saturated heterocycles. The molecule has 0 atom stereocenters. The molecule has 0 fully saturated rings. The molecule has 0 aliphatic heterocycles. The molecule has 0 aliphatic rings. The second-order valence-corrected chi connectivity index (χ2v) is 4.43. The van der Waals surface area contributed by atoms with Gasteiger partial charge in [0.25, 0.3) is 0 Å². The second-order valence-electron chi connectivity index (χ2n) is 4.43. The maximum Gasteiger partial charge on any atom is 0.233 e. The molecule has 3 N–H and O–H groups in total. The molecule has 20 heavy (non-hydrogen) atoms. The Balaban J connectivity index is 1.72. The van der Waals surface area contributed by atoms with E-state index in [1.165, 1.54) is 0 Å². The lowest BCUT2D eigenvalue weighted by molar-refractivity contribution is 0.265. The highest BCUT2D eigenvalue weighted by Crippen LogP contribution is 2.20. The van der Waals surface area contributed by atoms with Gasteiger partial charge in [-0.3, -0.25) is 0 Å². The zero-order valence-corrected chi connectivity index (χ0v) is 10.7. The first-order valence-electron chi connectivity index (χ1n) is 6.22. The van der Waals surface area contributed by atoms with Gasteiger partial charge in [-0.25, -0.2) is 4.98 Å². The predicted molar refractivity (Wildman–Crippen MR) is 75.1 cm³/mol. The van der Waals surface area contributed by atoms with Crippen LogP contribution in [0.15, 0.2) is 46.9 Å². The van der Waals surface area contributed by atoms with E-state index < -0.39 is 0 Å². The number of fused-ring (bicyclic) bond motifs is 1. The molecule has 5 nitrogen and oxygen atoms in total. The van der Waals surface area contributed by atoms with Crippen molar-refractivity contribution in [2.45, 2.75) is 13.2 Å². The lowest BCUT2D eigenvalue weighted by atomic mass is 10.2. The highest BCUT2D eigenvalue weighted by molar-refractivity contribution is 5.76. The van der Waals surface area contributed by atoms with Crippen molar-refractivity contribution in [3.05, 3.63) is 53.9 Å². The first-order chi connectivity index (χ1) is 9.74. The van der Waals surface area contributed by atoms with Crippen LogP contribution < -0.4 is 10.5 Å². The number of nitrogens with zero attached hydrogens (tertiary/aromatic N) is 1. The first kappa shape index (κ1) is 12.5. The minimum atomic E-state index is 0.0207. The average molecular weight is 270 g/mol. The molecule has 2 aromatic carbocycles. The van der Waals surface area contributed by atoms with Crippen LogP contribution in [0.4, 0.5) is 5.69 Å². The fourth-order valence-electron chi connectivity index (χ4n) is 1.89. The number of ether oxygens (including phenoxy) is 1. The Kier molecular flexibility index (Phi) is 3.26. The zero-order chi connectivity index (χ0) is 13.9. The monoisotopic (exact) mass is 270 g/mol. The Hall–Kier alpha value is -2.53. The van der Waals surface area contributed by atoms with Gasteiger partial charge in [0.05, 0.1) is 6.61 Å². The Morgan fingerprint density at radius 1 is 1.15 bits per heavy atom. The van der Waals surface area contributed by atoms with Crippen molar-refractivity contribution in [2.75, 3.05) is 5.73 Å². The predicted octanol–water partition coefficient (Wildman–Crippen LogP) is 2.48. The number of oxazole rings is 1. The molecule has 0 aliphatic carbocycles. The van der Waals surface area contributed by atoms with Crippen LogP contribution >= 0.6 is 0 Å². The summed E-state index contributed by atoms with van der Waals surface area (Å²) in [7, 11) is 0. The van der Waals surface area contributed by atoms with E-state index in [2.05, 4.69) is 4.98 Å². The van der Waals surface area contributed by atoms with Gasteiger partial charge in [-0.1, -0.05) is 12.1 Å². The van der Waals surface area contributed by atoms with E-state index in [0.29, 0.717) is 22.9 Å². The van der Waals surface area contributed by atoms with E-state index in [1.54, 1.807) is 30.3 Å². The maximum absolute atomic E-state index is 8.96. The lowest BCUT2D eigenvalue weighted by Crippen LogP contribution is -1.95. The van der Waals surface area contributed by atoms with E-state index in [-0.39, 0.29) is 13.2 Å². The van der Waals surface area contributed by atoms with Gasteiger partial charge in [-0.05, 0) is 35.9 Å². The fourth-order valence-corrected chi connectivity index (χ4v) is 1.89. The molecule has 0 bridgehead atoms. The SMILES string of the molecule is Nc1ccc2oc(COc3ccc(CO)cc3)nc2c1. The zero-order valence-electron chi connectivity index (χ0n) is 10.7. The summed E-state index contributed by atoms with van der Waals surface area (Å²) < 4.78 is 11.1. The summed E-state index contributed by atoms with van der Waals surface area (Å²) >= 11 is 0. The van der Waals surface area contributed by atoms with Gasteiger partial charge >= 0.3 is 0 Å². The van der Waals surface area contributed by atoms with E-state index in [9.17, 15) is 0 Å². The molecule has 1 aromatic heterocycles. The Labute approximate surface area is 115 Å². The quantitative estimate of drug-likeness (QED) is 0.712. The van der Waals surface area contributed by atoms with E-state index in [0.717, 1.165) is 11.1 Å². The van der Waals surface area contributed by atoms with E-state index >= 15 is 0 Å². The molecule has 0 unspecified atom stereocenters. The fraction of sp³-hybridized carbons (Fsp3) is 0.133. The first-order valence-corrected chi connectivity index (χ1v) is 6.22. The van der Waals surface area contributed by atoms with Crippen molar-refractivity contribution >= 4 is 16.8 Å². The number of benzene rings is 2. The molecule has 0 saturated carbocycles. The molecule has 0 spiro atoms.